The molecule has 0 bridgehead atoms. The van der Waals surface area contributed by atoms with Crippen LogP contribution >= 0.6 is 15.9 Å². The molecule has 1 aliphatic carbocycles. The van der Waals surface area contributed by atoms with Crippen molar-refractivity contribution in [2.24, 2.45) is 0 Å². The second-order valence-corrected chi connectivity index (χ2v) is 4.89. The minimum atomic E-state index is 1.02. The molecule has 3 nitrogen and oxygen atoms in total. The summed E-state index contributed by atoms with van der Waals surface area (Å²) in [7, 11) is 0. The summed E-state index contributed by atoms with van der Waals surface area (Å²) in [6.07, 6.45) is 12.7. The smallest absolute Gasteiger partial charge is 0.106 e. The zero-order chi connectivity index (χ0) is 11.0. The Morgan fingerprint density at radius 1 is 1.31 bits per heavy atom. The molecule has 0 aliphatic heterocycles. The molecular formula is C12H12BrN3. The molecule has 0 saturated carbocycles. The predicted molar refractivity (Wildman–Crippen MR) is 67.1 cm³/mol. The van der Waals surface area contributed by atoms with Gasteiger partial charge in [-0.1, -0.05) is 6.08 Å². The van der Waals surface area contributed by atoms with Gasteiger partial charge in [-0.15, -0.1) is 0 Å². The van der Waals surface area contributed by atoms with E-state index in [0.29, 0.717) is 0 Å². The summed E-state index contributed by atoms with van der Waals surface area (Å²) in [5.41, 5.74) is 3.51. The largest absolute Gasteiger partial charge is 0.253 e. The maximum Gasteiger partial charge on any atom is 0.106 e. The molecule has 0 spiro atoms. The zero-order valence-corrected chi connectivity index (χ0v) is 10.4. The van der Waals surface area contributed by atoms with Crippen LogP contribution in [-0.4, -0.2) is 14.6 Å². The summed E-state index contributed by atoms with van der Waals surface area (Å²) in [5.74, 6) is 0. The molecule has 0 amide bonds. The fourth-order valence-electron chi connectivity index (χ4n) is 2.20. The van der Waals surface area contributed by atoms with Gasteiger partial charge in [-0.3, -0.25) is 4.98 Å². The molecule has 0 radical (unpaired) electrons. The van der Waals surface area contributed by atoms with Gasteiger partial charge < -0.3 is 0 Å². The Balaban J connectivity index is 2.22. The number of hydrogen-bond acceptors (Lipinski definition) is 2. The van der Waals surface area contributed by atoms with Crippen LogP contribution in [0.2, 0.25) is 0 Å². The van der Waals surface area contributed by atoms with Crippen LogP contribution < -0.4 is 0 Å². The number of nitrogens with zero attached hydrogens (tertiary/aromatic N) is 3. The van der Waals surface area contributed by atoms with Gasteiger partial charge in [0.1, 0.15) is 5.52 Å². The Kier molecular flexibility index (Phi) is 2.52. The summed E-state index contributed by atoms with van der Waals surface area (Å²) in [5, 5.41) is 4.28. The van der Waals surface area contributed by atoms with E-state index in [0.717, 1.165) is 22.1 Å². The first-order valence-electron chi connectivity index (χ1n) is 5.53. The van der Waals surface area contributed by atoms with Crippen LogP contribution in [0.5, 0.6) is 0 Å². The van der Waals surface area contributed by atoms with Gasteiger partial charge in [0.25, 0.3) is 0 Å². The standard InChI is InChI=1S/C12H12BrN3/c13-10-8-15-16-7-6-14-11(12(10)16)9-4-2-1-3-5-9/h4,6-8H,1-3,5H2. The molecule has 2 heterocycles. The second-order valence-electron chi connectivity index (χ2n) is 4.04. The molecule has 4 heteroatoms. The van der Waals surface area contributed by atoms with Crippen molar-refractivity contribution >= 4 is 27.0 Å². The van der Waals surface area contributed by atoms with E-state index < -0.39 is 0 Å². The second kappa shape index (κ2) is 4.01. The molecule has 0 N–H and O–H groups in total. The van der Waals surface area contributed by atoms with Crippen molar-refractivity contribution in [2.75, 3.05) is 0 Å². The molecular weight excluding hydrogens is 266 g/mol. The minimum absolute atomic E-state index is 1.02. The van der Waals surface area contributed by atoms with Gasteiger partial charge >= 0.3 is 0 Å². The van der Waals surface area contributed by atoms with Crippen LogP contribution in [0.4, 0.5) is 0 Å². The highest BCUT2D eigenvalue weighted by Gasteiger charge is 2.13. The third-order valence-corrected chi connectivity index (χ3v) is 3.56. The predicted octanol–water partition coefficient (Wildman–Crippen LogP) is 3.45. The van der Waals surface area contributed by atoms with E-state index in [1.807, 2.05) is 23.1 Å². The number of fused-ring (bicyclic) bond motifs is 1. The molecule has 3 rings (SSSR count). The SMILES string of the molecule is Brc1cnn2ccnc(C3=CCCCC3)c12. The van der Waals surface area contributed by atoms with E-state index in [1.54, 1.807) is 0 Å². The summed E-state index contributed by atoms with van der Waals surface area (Å²) in [6.45, 7) is 0. The Hall–Kier alpha value is -1.16. The van der Waals surface area contributed by atoms with Gasteiger partial charge in [-0.05, 0) is 47.2 Å². The average Bonchev–Trinajstić information content (AvgIpc) is 2.73. The van der Waals surface area contributed by atoms with Gasteiger partial charge in [0.05, 0.1) is 16.4 Å². The fourth-order valence-corrected chi connectivity index (χ4v) is 2.66. The van der Waals surface area contributed by atoms with Gasteiger partial charge in [-0.2, -0.15) is 5.10 Å². The molecule has 2 aromatic rings. The van der Waals surface area contributed by atoms with Crippen LogP contribution in [0, 0.1) is 0 Å². The molecule has 1 aliphatic rings. The topological polar surface area (TPSA) is 30.2 Å². The highest BCUT2D eigenvalue weighted by molar-refractivity contribution is 9.10. The highest BCUT2D eigenvalue weighted by atomic mass is 79.9. The van der Waals surface area contributed by atoms with E-state index in [1.165, 1.54) is 24.8 Å². The molecule has 0 fully saturated rings. The van der Waals surface area contributed by atoms with Crippen molar-refractivity contribution in [2.45, 2.75) is 25.7 Å². The van der Waals surface area contributed by atoms with Crippen LogP contribution in [0.25, 0.3) is 11.1 Å². The summed E-state index contributed by atoms with van der Waals surface area (Å²) >= 11 is 3.53. The lowest BCUT2D eigenvalue weighted by molar-refractivity contribution is 0.739. The molecule has 82 valence electrons. The Morgan fingerprint density at radius 3 is 3.06 bits per heavy atom. The number of hydrogen-bond donors (Lipinski definition) is 0. The van der Waals surface area contributed by atoms with Crippen molar-refractivity contribution in [1.82, 2.24) is 14.6 Å². The summed E-state index contributed by atoms with van der Waals surface area (Å²) < 4.78 is 2.89. The number of rotatable bonds is 1. The maximum atomic E-state index is 4.50. The lowest BCUT2D eigenvalue weighted by atomic mass is 9.96. The van der Waals surface area contributed by atoms with E-state index in [9.17, 15) is 0 Å². The normalized spacial score (nSPS) is 16.4. The first-order valence-corrected chi connectivity index (χ1v) is 6.33. The van der Waals surface area contributed by atoms with Crippen molar-refractivity contribution in [3.8, 4) is 0 Å². The molecule has 16 heavy (non-hydrogen) atoms. The van der Waals surface area contributed by atoms with Crippen molar-refractivity contribution in [3.05, 3.63) is 34.8 Å². The van der Waals surface area contributed by atoms with Gasteiger partial charge in [0, 0.05) is 12.4 Å². The molecule has 0 unspecified atom stereocenters. The average molecular weight is 278 g/mol. The van der Waals surface area contributed by atoms with Crippen LogP contribution in [-0.2, 0) is 0 Å². The van der Waals surface area contributed by atoms with E-state index in [4.69, 9.17) is 0 Å². The van der Waals surface area contributed by atoms with Crippen LogP contribution in [0.3, 0.4) is 0 Å². The van der Waals surface area contributed by atoms with Gasteiger partial charge in [-0.25, -0.2) is 4.52 Å². The van der Waals surface area contributed by atoms with E-state index >= 15 is 0 Å². The fraction of sp³-hybridized carbons (Fsp3) is 0.333. The molecule has 0 saturated heterocycles. The Labute approximate surface area is 102 Å². The molecule has 2 aromatic heterocycles. The number of aromatic nitrogens is 3. The van der Waals surface area contributed by atoms with Gasteiger partial charge in [0.2, 0.25) is 0 Å². The number of halogens is 1. The summed E-state index contributed by atoms with van der Waals surface area (Å²) in [4.78, 5) is 4.50. The lowest BCUT2D eigenvalue weighted by Crippen LogP contribution is -1.99. The number of allylic oxidation sites excluding steroid dienone is 2. The molecule has 0 aromatic carbocycles. The third-order valence-electron chi connectivity index (χ3n) is 2.98. The molecule has 0 atom stereocenters. The van der Waals surface area contributed by atoms with Crippen molar-refractivity contribution < 1.29 is 0 Å². The van der Waals surface area contributed by atoms with Crippen LogP contribution in [0.1, 0.15) is 31.4 Å². The third kappa shape index (κ3) is 1.57. The van der Waals surface area contributed by atoms with E-state index in [2.05, 4.69) is 32.1 Å². The summed E-state index contributed by atoms with van der Waals surface area (Å²) in [6, 6.07) is 0. The van der Waals surface area contributed by atoms with Crippen LogP contribution in [0.15, 0.2) is 29.1 Å². The zero-order valence-electron chi connectivity index (χ0n) is 8.86. The van der Waals surface area contributed by atoms with Gasteiger partial charge in [0.15, 0.2) is 0 Å². The first kappa shape index (κ1) is 10.0. The lowest BCUT2D eigenvalue weighted by Gasteiger charge is -2.12. The monoisotopic (exact) mass is 277 g/mol. The Bertz CT molecular complexity index is 556. The maximum absolute atomic E-state index is 4.50. The van der Waals surface area contributed by atoms with E-state index in [-0.39, 0.29) is 0 Å². The Morgan fingerprint density at radius 2 is 2.25 bits per heavy atom. The van der Waals surface area contributed by atoms with Crippen molar-refractivity contribution in [1.29, 1.82) is 0 Å². The van der Waals surface area contributed by atoms with Crippen molar-refractivity contribution in [3.63, 3.8) is 0 Å². The quantitative estimate of drug-likeness (QED) is 0.799. The minimum Gasteiger partial charge on any atom is -0.253 e. The first-order chi connectivity index (χ1) is 7.86. The highest BCUT2D eigenvalue weighted by Crippen LogP contribution is 2.30.